The molecule has 0 radical (unpaired) electrons. The van der Waals surface area contributed by atoms with E-state index in [0.717, 1.165) is 12.1 Å². The average molecular weight is 378 g/mol. The molecule has 2 aromatic rings. The van der Waals surface area contributed by atoms with Crippen molar-refractivity contribution in [2.24, 2.45) is 0 Å². The van der Waals surface area contributed by atoms with E-state index in [2.05, 4.69) is 4.98 Å². The molecule has 0 spiro atoms. The smallest absolute Gasteiger partial charge is 0.340 e. The highest BCUT2D eigenvalue weighted by Gasteiger charge is 2.27. The summed E-state index contributed by atoms with van der Waals surface area (Å²) in [5.74, 6) is -2.77. The molecule has 1 heterocycles. The van der Waals surface area contributed by atoms with Crippen LogP contribution in [-0.2, 0) is 4.74 Å². The van der Waals surface area contributed by atoms with Crippen LogP contribution in [0.4, 0.5) is 8.78 Å². The third kappa shape index (κ3) is 4.18. The minimum atomic E-state index is -0.967. The number of aromatic nitrogens is 1. The van der Waals surface area contributed by atoms with Gasteiger partial charge in [0.15, 0.2) is 11.6 Å². The molecule has 1 atom stereocenters. The van der Waals surface area contributed by atoms with Crippen LogP contribution in [0.15, 0.2) is 18.2 Å². The lowest BCUT2D eigenvalue weighted by molar-refractivity contribution is 0.0376. The maximum absolute atomic E-state index is 13.5. The summed E-state index contributed by atoms with van der Waals surface area (Å²) in [7, 11) is 1.57. The third-order valence-corrected chi connectivity index (χ3v) is 4.53. The number of rotatable bonds is 5. The summed E-state index contributed by atoms with van der Waals surface area (Å²) in [6.07, 6.45) is -0.276. The molecule has 5 nitrogen and oxygen atoms in total. The summed E-state index contributed by atoms with van der Waals surface area (Å²) in [5, 5.41) is 0. The summed E-state index contributed by atoms with van der Waals surface area (Å²) in [6, 6.07) is 3.04. The van der Waals surface area contributed by atoms with Crippen LogP contribution in [0.3, 0.4) is 0 Å². The molecule has 1 unspecified atom stereocenters. The van der Waals surface area contributed by atoms with E-state index >= 15 is 0 Å². The Morgan fingerprint density at radius 2 is 1.74 bits per heavy atom. The van der Waals surface area contributed by atoms with Crippen molar-refractivity contribution in [2.45, 2.75) is 46.8 Å². The molecule has 0 saturated heterocycles. The molecule has 2 rings (SSSR count). The van der Waals surface area contributed by atoms with Gasteiger partial charge in [0, 0.05) is 12.7 Å². The van der Waals surface area contributed by atoms with Crippen LogP contribution in [0.2, 0.25) is 0 Å². The highest BCUT2D eigenvalue weighted by molar-refractivity contribution is 6.00. The molecule has 1 amide bonds. The van der Waals surface area contributed by atoms with E-state index in [-0.39, 0.29) is 17.7 Å². The molecule has 0 fully saturated rings. The number of benzene rings is 1. The fraction of sp³-hybridized carbons (Fsp3) is 0.400. The molecule has 0 aliphatic heterocycles. The van der Waals surface area contributed by atoms with Crippen LogP contribution in [-0.4, -0.2) is 34.9 Å². The number of carbonyl (C=O) groups excluding carboxylic acids is 2. The molecular formula is C20H24F2N2O3. The molecule has 1 N–H and O–H groups in total. The number of ether oxygens (including phenoxy) is 1. The molecule has 0 bridgehead atoms. The number of H-pyrrole nitrogens is 1. The quantitative estimate of drug-likeness (QED) is 0.789. The summed E-state index contributed by atoms with van der Waals surface area (Å²) < 4.78 is 31.9. The molecule has 1 aromatic heterocycles. The number of carbonyl (C=O) groups is 2. The van der Waals surface area contributed by atoms with Gasteiger partial charge in [-0.25, -0.2) is 13.6 Å². The van der Waals surface area contributed by atoms with Crippen LogP contribution in [0.5, 0.6) is 0 Å². The van der Waals surface area contributed by atoms with E-state index in [4.69, 9.17) is 4.74 Å². The van der Waals surface area contributed by atoms with Gasteiger partial charge in [-0.2, -0.15) is 0 Å². The normalized spacial score (nSPS) is 12.2. The summed E-state index contributed by atoms with van der Waals surface area (Å²) in [6.45, 7) is 8.57. The Morgan fingerprint density at radius 3 is 2.30 bits per heavy atom. The van der Waals surface area contributed by atoms with Crippen LogP contribution < -0.4 is 0 Å². The molecule has 0 aliphatic rings. The van der Waals surface area contributed by atoms with Gasteiger partial charge < -0.3 is 14.6 Å². The Hall–Kier alpha value is -2.70. The first-order chi connectivity index (χ1) is 12.5. The Kier molecular flexibility index (Phi) is 6.03. The second-order valence-electron chi connectivity index (χ2n) is 6.84. The Labute approximate surface area is 157 Å². The van der Waals surface area contributed by atoms with Crippen LogP contribution in [0.1, 0.15) is 64.5 Å². The highest BCUT2D eigenvalue weighted by atomic mass is 19.2. The predicted octanol–water partition coefficient (Wildman–Crippen LogP) is 4.31. The van der Waals surface area contributed by atoms with Crippen molar-refractivity contribution in [3.63, 3.8) is 0 Å². The average Bonchev–Trinajstić information content (AvgIpc) is 2.89. The minimum Gasteiger partial charge on any atom is -0.459 e. The van der Waals surface area contributed by atoms with Gasteiger partial charge in [0.25, 0.3) is 5.91 Å². The van der Waals surface area contributed by atoms with Crippen molar-refractivity contribution in [1.82, 2.24) is 9.88 Å². The van der Waals surface area contributed by atoms with Crippen LogP contribution >= 0.6 is 0 Å². The zero-order valence-electron chi connectivity index (χ0n) is 16.3. The van der Waals surface area contributed by atoms with Crippen LogP contribution in [0, 0.1) is 25.5 Å². The van der Waals surface area contributed by atoms with E-state index < -0.39 is 23.6 Å². The molecule has 1 aromatic carbocycles. The van der Waals surface area contributed by atoms with Crippen molar-refractivity contribution in [3.05, 3.63) is 57.9 Å². The van der Waals surface area contributed by atoms with Crippen molar-refractivity contribution < 1.29 is 23.1 Å². The van der Waals surface area contributed by atoms with Gasteiger partial charge in [-0.3, -0.25) is 4.79 Å². The van der Waals surface area contributed by atoms with Gasteiger partial charge >= 0.3 is 5.97 Å². The topological polar surface area (TPSA) is 62.4 Å². The number of nitrogens with zero attached hydrogens (tertiary/aromatic N) is 1. The SMILES string of the molecule is Cc1[nH]c(C(=O)N(C)C(C)c2ccc(F)c(F)c2)c(C)c1C(=O)OC(C)C. The van der Waals surface area contributed by atoms with E-state index in [0.29, 0.717) is 22.4 Å². The molecule has 0 aliphatic carbocycles. The monoisotopic (exact) mass is 378 g/mol. The summed E-state index contributed by atoms with van der Waals surface area (Å²) in [4.78, 5) is 29.6. The van der Waals surface area contributed by atoms with Gasteiger partial charge in [0.2, 0.25) is 0 Å². The number of nitrogens with one attached hydrogen (secondary N) is 1. The second kappa shape index (κ2) is 7.90. The van der Waals surface area contributed by atoms with Gasteiger partial charge in [-0.05, 0) is 57.9 Å². The van der Waals surface area contributed by atoms with Crippen LogP contribution in [0.25, 0.3) is 0 Å². The van der Waals surface area contributed by atoms with E-state index in [9.17, 15) is 18.4 Å². The first-order valence-electron chi connectivity index (χ1n) is 8.66. The molecule has 146 valence electrons. The van der Waals surface area contributed by atoms with E-state index in [1.54, 1.807) is 41.7 Å². The maximum Gasteiger partial charge on any atom is 0.340 e. The molecular weight excluding hydrogens is 354 g/mol. The van der Waals surface area contributed by atoms with Crippen molar-refractivity contribution >= 4 is 11.9 Å². The fourth-order valence-corrected chi connectivity index (χ4v) is 2.89. The van der Waals surface area contributed by atoms with Gasteiger partial charge in [0.05, 0.1) is 17.7 Å². The maximum atomic E-state index is 13.5. The molecule has 27 heavy (non-hydrogen) atoms. The Balaban J connectivity index is 2.31. The summed E-state index contributed by atoms with van der Waals surface area (Å²) in [5.41, 5.74) is 2.09. The second-order valence-corrected chi connectivity index (χ2v) is 6.84. The largest absolute Gasteiger partial charge is 0.459 e. The van der Waals surface area contributed by atoms with Gasteiger partial charge in [-0.15, -0.1) is 0 Å². The molecule has 0 saturated carbocycles. The lowest BCUT2D eigenvalue weighted by Gasteiger charge is -2.25. The predicted molar refractivity (Wildman–Crippen MR) is 97.7 cm³/mol. The fourth-order valence-electron chi connectivity index (χ4n) is 2.89. The first-order valence-corrected chi connectivity index (χ1v) is 8.66. The number of hydrogen-bond donors (Lipinski definition) is 1. The Morgan fingerprint density at radius 1 is 1.11 bits per heavy atom. The lowest BCUT2D eigenvalue weighted by atomic mass is 10.1. The standard InChI is InChI=1S/C20H24F2N2O3/c1-10(2)27-20(26)17-11(3)18(23-12(17)4)19(25)24(6)13(5)14-7-8-15(21)16(22)9-14/h7-10,13,23H,1-6H3. The number of halogens is 2. The van der Waals surface area contributed by atoms with Gasteiger partial charge in [0.1, 0.15) is 5.69 Å². The minimum absolute atomic E-state index is 0.264. The highest BCUT2D eigenvalue weighted by Crippen LogP contribution is 2.25. The van der Waals surface area contributed by atoms with E-state index in [1.165, 1.54) is 11.0 Å². The Bertz CT molecular complexity index is 874. The zero-order chi connectivity index (χ0) is 20.5. The number of amides is 1. The number of hydrogen-bond acceptors (Lipinski definition) is 3. The number of esters is 1. The van der Waals surface area contributed by atoms with Crippen molar-refractivity contribution in [2.75, 3.05) is 7.05 Å². The van der Waals surface area contributed by atoms with Crippen molar-refractivity contribution in [1.29, 1.82) is 0 Å². The van der Waals surface area contributed by atoms with Gasteiger partial charge in [-0.1, -0.05) is 6.07 Å². The number of aromatic amines is 1. The molecule has 7 heteroatoms. The first kappa shape index (κ1) is 20.6. The lowest BCUT2D eigenvalue weighted by Crippen LogP contribution is -2.30. The van der Waals surface area contributed by atoms with Crippen molar-refractivity contribution in [3.8, 4) is 0 Å². The summed E-state index contributed by atoms with van der Waals surface area (Å²) >= 11 is 0. The number of aryl methyl sites for hydroxylation is 1. The van der Waals surface area contributed by atoms with E-state index in [1.807, 2.05) is 0 Å². The third-order valence-electron chi connectivity index (χ3n) is 4.53. The zero-order valence-corrected chi connectivity index (χ0v) is 16.3.